The molecule has 15 heavy (non-hydrogen) atoms. The van der Waals surface area contributed by atoms with Crippen LogP contribution in [0.3, 0.4) is 0 Å². The molecular formula is C6HCoN6O2-6. The fourth-order valence-corrected chi connectivity index (χ4v) is 0. The number of hydrogen-bond donors (Lipinski definition) is 1. The Morgan fingerprint density at radius 3 is 0.600 bits per heavy atom. The molecule has 0 bridgehead atoms. The van der Waals surface area contributed by atoms with Crippen molar-refractivity contribution in [3.05, 3.63) is 39.4 Å². The summed E-state index contributed by atoms with van der Waals surface area (Å²) < 4.78 is 15.4. The first-order valence-corrected chi connectivity index (χ1v) is 2.52. The minimum atomic E-state index is -0.812. The van der Waals surface area contributed by atoms with Gasteiger partial charge in [-0.25, -0.2) is 0 Å². The van der Waals surface area contributed by atoms with Crippen LogP contribution in [0, 0.1) is 71.0 Å². The zero-order valence-corrected chi connectivity index (χ0v) is 7.91. The summed E-state index contributed by atoms with van der Waals surface area (Å²) in [6.07, 6.45) is 0. The topological polar surface area (TPSA) is 180 Å². The van der Waals surface area contributed by atoms with Crippen molar-refractivity contribution in [2.75, 3.05) is 0 Å². The van der Waals surface area contributed by atoms with Gasteiger partial charge >= 0.3 is 23.0 Å². The molecule has 1 N–H and O–H groups in total. The van der Waals surface area contributed by atoms with Crippen LogP contribution in [-0.2, 0) is 18.8 Å². The second-order valence-electron chi connectivity index (χ2n) is 0.0609. The zero-order valence-electron chi connectivity index (χ0n) is 6.87. The van der Waals surface area contributed by atoms with Gasteiger partial charge < -0.3 is 71.0 Å². The first-order valence-electron chi connectivity index (χ1n) is 1.63. The van der Waals surface area contributed by atoms with E-state index in [0.717, 1.165) is 0 Å². The first-order chi connectivity index (χ1) is 7.41. The van der Waals surface area contributed by atoms with E-state index in [1.807, 2.05) is 0 Å². The molecule has 0 atom stereocenters. The third-order valence-corrected chi connectivity index (χ3v) is 0. The Balaban J connectivity index is -0.0000000101. The van der Waals surface area contributed by atoms with Crippen LogP contribution < -0.4 is 0 Å². The fraction of sp³-hybridized carbons (Fsp3) is 0. The Morgan fingerprint density at radius 2 is 0.600 bits per heavy atom. The molecule has 0 spiro atoms. The molecule has 0 aromatic rings. The molecule has 0 aliphatic heterocycles. The molecule has 0 saturated heterocycles. The second kappa shape index (κ2) is 363. The summed E-state index contributed by atoms with van der Waals surface area (Å²) in [6, 6.07) is 0. The van der Waals surface area contributed by atoms with Crippen LogP contribution in [0.2, 0.25) is 0 Å². The molecule has 0 aliphatic carbocycles. The minimum absolute atomic E-state index is 0.812. The zero-order chi connectivity index (χ0) is 14.7. The Morgan fingerprint density at radius 1 is 0.600 bits per heavy atom. The molecule has 0 aliphatic rings. The summed E-state index contributed by atoms with van der Waals surface area (Å²) in [4.78, 5) is 0. The number of hydrogen-bond acceptors (Lipinski definition) is 7. The quantitative estimate of drug-likeness (QED) is 0.576. The van der Waals surface area contributed by atoms with Crippen molar-refractivity contribution in [1.29, 1.82) is 31.6 Å². The molecule has 0 rings (SSSR count). The van der Waals surface area contributed by atoms with Gasteiger partial charge in [0.15, 0.2) is 0 Å². The molecule has 0 radical (unpaired) electrons. The van der Waals surface area contributed by atoms with Gasteiger partial charge in [0.1, 0.15) is 0 Å². The summed E-state index contributed by atoms with van der Waals surface area (Å²) >= 11 is -0.812. The predicted molar refractivity (Wildman–Crippen MR) is 32.7 cm³/mol. The molecule has 9 heteroatoms. The molecule has 0 fully saturated rings. The van der Waals surface area contributed by atoms with Gasteiger partial charge in [0.25, 0.3) is 0 Å². The van der Waals surface area contributed by atoms with Crippen LogP contribution in [0.1, 0.15) is 0 Å². The normalized spacial score (nSPS) is 2.20. The van der Waals surface area contributed by atoms with Crippen LogP contribution in [-0.4, -0.2) is 4.22 Å². The van der Waals surface area contributed by atoms with E-state index in [9.17, 15) is 0 Å². The van der Waals surface area contributed by atoms with E-state index in [0.29, 0.717) is 0 Å². The fourth-order valence-electron chi connectivity index (χ4n) is 0. The van der Waals surface area contributed by atoms with Crippen molar-refractivity contribution in [1.82, 2.24) is 0 Å². The third-order valence-electron chi connectivity index (χ3n) is 0. The third kappa shape index (κ3) is 122. The Bertz CT molecular complexity index is 133. The Labute approximate surface area is 94.5 Å². The van der Waals surface area contributed by atoms with Gasteiger partial charge in [0.2, 0.25) is 0 Å². The SMILES string of the molecule is [C-]#N.[C-]#N.[C-]#N.[C-]#N.[C-]#N.[C-]#N.[O]=[Co][OH]. The molecule has 0 amide bonds. The van der Waals surface area contributed by atoms with Gasteiger partial charge in [-0.2, -0.15) is 0 Å². The summed E-state index contributed by atoms with van der Waals surface area (Å²) in [5, 5.41) is 37.5. The first kappa shape index (κ1) is 56.6. The summed E-state index contributed by atoms with van der Waals surface area (Å²) in [6.45, 7) is 28.5. The van der Waals surface area contributed by atoms with Gasteiger partial charge in [-0.15, -0.1) is 0 Å². The summed E-state index contributed by atoms with van der Waals surface area (Å²) in [5.41, 5.74) is 0. The van der Waals surface area contributed by atoms with E-state index in [1.54, 1.807) is 0 Å². The van der Waals surface area contributed by atoms with Gasteiger partial charge in [-0.1, -0.05) is 0 Å². The van der Waals surface area contributed by atoms with Gasteiger partial charge in [0, 0.05) is 0 Å². The second-order valence-corrected chi connectivity index (χ2v) is 0.251. The summed E-state index contributed by atoms with van der Waals surface area (Å²) in [7, 11) is 0. The van der Waals surface area contributed by atoms with Crippen LogP contribution in [0.5, 0.6) is 0 Å². The standard InChI is InChI=1S/6CN.Co.H2O.O/c6*1-2;;;/h;;;;;;;1H2;/q6*-1;+1;;/p-1. The van der Waals surface area contributed by atoms with Crippen molar-refractivity contribution in [2.45, 2.75) is 0 Å². The van der Waals surface area contributed by atoms with Gasteiger partial charge in [-0.05, 0) is 0 Å². The van der Waals surface area contributed by atoms with Crippen LogP contribution >= 0.6 is 0 Å². The van der Waals surface area contributed by atoms with E-state index in [-0.39, 0.29) is 0 Å². The molecule has 0 aromatic carbocycles. The van der Waals surface area contributed by atoms with Crippen molar-refractivity contribution >= 4 is 0 Å². The van der Waals surface area contributed by atoms with E-state index in [2.05, 4.69) is 0 Å². The molecule has 8 nitrogen and oxygen atoms in total. The average Bonchev–Trinajstić information content (AvgIpc) is 2.44. The van der Waals surface area contributed by atoms with E-state index < -0.39 is 15.0 Å². The van der Waals surface area contributed by atoms with Gasteiger partial charge in [-0.3, -0.25) is 0 Å². The molecule has 82 valence electrons. The molecular weight excluding hydrogens is 247 g/mol. The molecule has 0 saturated carbocycles. The van der Waals surface area contributed by atoms with Gasteiger partial charge in [0.05, 0.1) is 0 Å². The average molecular weight is 248 g/mol. The van der Waals surface area contributed by atoms with Crippen LogP contribution in [0.4, 0.5) is 0 Å². The van der Waals surface area contributed by atoms with Crippen LogP contribution in [0.25, 0.3) is 0 Å². The Kier molecular flexibility index (Phi) is 1370. The van der Waals surface area contributed by atoms with E-state index in [1.165, 1.54) is 0 Å². The Hall–Kier alpha value is -2.79. The monoisotopic (exact) mass is 248 g/mol. The molecule has 0 aromatic heterocycles. The van der Waals surface area contributed by atoms with Crippen molar-refractivity contribution in [3.63, 3.8) is 0 Å². The van der Waals surface area contributed by atoms with E-state index in [4.69, 9.17) is 79.1 Å². The van der Waals surface area contributed by atoms with Crippen molar-refractivity contribution in [2.24, 2.45) is 0 Å². The predicted octanol–water partition coefficient (Wildman–Crippen LogP) is -0.100. The van der Waals surface area contributed by atoms with Crippen LogP contribution in [0.15, 0.2) is 0 Å². The maximum absolute atomic E-state index is 8.45. The molecule has 0 heterocycles. The number of nitrogens with zero attached hydrogens (tertiary/aromatic N) is 6. The van der Waals surface area contributed by atoms with Crippen molar-refractivity contribution < 1.29 is 23.0 Å². The van der Waals surface area contributed by atoms with Crippen molar-refractivity contribution in [3.8, 4) is 0 Å². The van der Waals surface area contributed by atoms with E-state index >= 15 is 0 Å². The number of rotatable bonds is 0. The molecule has 0 unspecified atom stereocenters. The summed E-state index contributed by atoms with van der Waals surface area (Å²) in [5.74, 6) is 0. The maximum atomic E-state index is 8.45.